The number of hydrogen-bond donors (Lipinski definition) is 2. The predicted molar refractivity (Wildman–Crippen MR) is 76.4 cm³/mol. The Morgan fingerprint density at radius 3 is 2.91 bits per heavy atom. The summed E-state index contributed by atoms with van der Waals surface area (Å²) < 4.78 is 24.5. The molecular weight excluding hydrogens is 293 g/mol. The second-order valence-corrected chi connectivity index (χ2v) is 5.10. The van der Waals surface area contributed by atoms with Gasteiger partial charge in [0.05, 0.1) is 24.0 Å². The number of amides is 1. The fourth-order valence-electron chi connectivity index (χ4n) is 2.09. The van der Waals surface area contributed by atoms with Crippen LogP contribution in [-0.4, -0.2) is 42.4 Å². The number of carboxylic acid groups (broad SMARTS) is 1. The summed E-state index contributed by atoms with van der Waals surface area (Å²) in [6, 6.07) is 3.29. The lowest BCUT2D eigenvalue weighted by molar-refractivity contribution is -0.128. The summed E-state index contributed by atoms with van der Waals surface area (Å²) in [7, 11) is 0. The van der Waals surface area contributed by atoms with Gasteiger partial charge in [0.15, 0.2) is 0 Å². The second kappa shape index (κ2) is 7.33. The van der Waals surface area contributed by atoms with Crippen LogP contribution in [0.3, 0.4) is 0 Å². The molecule has 0 radical (unpaired) electrons. The number of carbonyl (C=O) groups is 2. The first-order valence-electron chi connectivity index (χ1n) is 7.04. The highest BCUT2D eigenvalue weighted by molar-refractivity contribution is 5.95. The molecular formula is C15H18FNO5. The van der Waals surface area contributed by atoms with Gasteiger partial charge in [0.1, 0.15) is 11.9 Å². The number of hydrogen-bond acceptors (Lipinski definition) is 4. The van der Waals surface area contributed by atoms with Crippen LogP contribution in [0, 0.1) is 5.82 Å². The molecule has 6 nitrogen and oxygen atoms in total. The van der Waals surface area contributed by atoms with Gasteiger partial charge < -0.3 is 19.9 Å². The largest absolute Gasteiger partial charge is 0.478 e. The Balaban J connectivity index is 1.88. The average Bonchev–Trinajstić information content (AvgIpc) is 2.99. The van der Waals surface area contributed by atoms with Gasteiger partial charge in [-0.05, 0) is 38.0 Å². The Hall–Kier alpha value is -1.99. The van der Waals surface area contributed by atoms with Crippen molar-refractivity contribution in [1.29, 1.82) is 0 Å². The SMILES string of the molecule is CC(OCC1CCCO1)C(=O)Nc1ccc(C(=O)O)cc1F. The molecule has 0 saturated carbocycles. The van der Waals surface area contributed by atoms with Crippen LogP contribution in [0.1, 0.15) is 30.1 Å². The number of anilines is 1. The van der Waals surface area contributed by atoms with E-state index in [1.165, 1.54) is 12.1 Å². The van der Waals surface area contributed by atoms with Crippen LogP contribution in [-0.2, 0) is 14.3 Å². The fourth-order valence-corrected chi connectivity index (χ4v) is 2.09. The van der Waals surface area contributed by atoms with Crippen LogP contribution < -0.4 is 5.32 Å². The summed E-state index contributed by atoms with van der Waals surface area (Å²) in [5.74, 6) is -2.54. The Bertz CT molecular complexity index is 557. The molecule has 1 aliphatic heterocycles. The summed E-state index contributed by atoms with van der Waals surface area (Å²) in [4.78, 5) is 22.6. The molecule has 2 unspecified atom stereocenters. The molecule has 1 fully saturated rings. The van der Waals surface area contributed by atoms with E-state index in [1.807, 2.05) is 0 Å². The summed E-state index contributed by atoms with van der Waals surface area (Å²) in [6.45, 7) is 2.58. The Morgan fingerprint density at radius 2 is 2.32 bits per heavy atom. The maximum absolute atomic E-state index is 13.7. The van der Waals surface area contributed by atoms with Gasteiger partial charge in [-0.25, -0.2) is 9.18 Å². The van der Waals surface area contributed by atoms with Crippen LogP contribution in [0.4, 0.5) is 10.1 Å². The van der Waals surface area contributed by atoms with Crippen molar-refractivity contribution in [3.05, 3.63) is 29.6 Å². The van der Waals surface area contributed by atoms with E-state index in [0.717, 1.165) is 18.9 Å². The van der Waals surface area contributed by atoms with E-state index >= 15 is 0 Å². The topological polar surface area (TPSA) is 84.9 Å². The van der Waals surface area contributed by atoms with Crippen LogP contribution in [0.15, 0.2) is 18.2 Å². The van der Waals surface area contributed by atoms with E-state index in [0.29, 0.717) is 13.2 Å². The monoisotopic (exact) mass is 311 g/mol. The second-order valence-electron chi connectivity index (χ2n) is 5.10. The molecule has 1 amide bonds. The number of rotatable bonds is 6. The zero-order valence-corrected chi connectivity index (χ0v) is 12.2. The number of carboxylic acids is 1. The van der Waals surface area contributed by atoms with Crippen LogP contribution in [0.25, 0.3) is 0 Å². The van der Waals surface area contributed by atoms with Gasteiger partial charge in [-0.2, -0.15) is 0 Å². The van der Waals surface area contributed by atoms with E-state index in [2.05, 4.69) is 5.32 Å². The quantitative estimate of drug-likeness (QED) is 0.840. The molecule has 7 heteroatoms. The third-order valence-electron chi connectivity index (χ3n) is 3.40. The Morgan fingerprint density at radius 1 is 1.55 bits per heavy atom. The molecule has 2 rings (SSSR count). The van der Waals surface area contributed by atoms with Gasteiger partial charge in [0.2, 0.25) is 0 Å². The molecule has 0 bridgehead atoms. The maximum Gasteiger partial charge on any atom is 0.335 e. The highest BCUT2D eigenvalue weighted by atomic mass is 19.1. The minimum atomic E-state index is -1.23. The van der Waals surface area contributed by atoms with Crippen LogP contribution in [0.5, 0.6) is 0 Å². The molecule has 1 aromatic carbocycles. The lowest BCUT2D eigenvalue weighted by Crippen LogP contribution is -2.30. The molecule has 1 aromatic rings. The lowest BCUT2D eigenvalue weighted by atomic mass is 10.2. The van der Waals surface area contributed by atoms with Crippen LogP contribution in [0.2, 0.25) is 0 Å². The predicted octanol–water partition coefficient (Wildman–Crippen LogP) is 2.05. The number of benzene rings is 1. The van der Waals surface area contributed by atoms with E-state index in [9.17, 15) is 14.0 Å². The first-order chi connectivity index (χ1) is 10.5. The number of aromatic carboxylic acids is 1. The minimum Gasteiger partial charge on any atom is -0.478 e. The zero-order valence-electron chi connectivity index (χ0n) is 12.2. The number of halogens is 1. The Kier molecular flexibility index (Phi) is 5.46. The van der Waals surface area contributed by atoms with Crippen molar-refractivity contribution in [1.82, 2.24) is 0 Å². The van der Waals surface area contributed by atoms with Gasteiger partial charge in [-0.1, -0.05) is 0 Å². The molecule has 120 valence electrons. The van der Waals surface area contributed by atoms with Crippen molar-refractivity contribution in [2.45, 2.75) is 32.0 Å². The highest BCUT2D eigenvalue weighted by Gasteiger charge is 2.20. The summed E-state index contributed by atoms with van der Waals surface area (Å²) in [5.41, 5.74) is -0.263. The van der Waals surface area contributed by atoms with Crippen molar-refractivity contribution >= 4 is 17.6 Å². The third-order valence-corrected chi connectivity index (χ3v) is 3.40. The van der Waals surface area contributed by atoms with Crippen LogP contribution >= 0.6 is 0 Å². The standard InChI is InChI=1S/C15H18FNO5/c1-9(22-8-11-3-2-6-21-11)14(18)17-13-5-4-10(15(19)20)7-12(13)16/h4-5,7,9,11H,2-3,6,8H2,1H3,(H,17,18)(H,19,20). The average molecular weight is 311 g/mol. The molecule has 1 heterocycles. The summed E-state index contributed by atoms with van der Waals surface area (Å²) in [6.07, 6.45) is 1.12. The fraction of sp³-hybridized carbons (Fsp3) is 0.467. The van der Waals surface area contributed by atoms with Crippen molar-refractivity contribution in [2.24, 2.45) is 0 Å². The van der Waals surface area contributed by atoms with Crippen molar-refractivity contribution in [3.63, 3.8) is 0 Å². The highest BCUT2D eigenvalue weighted by Crippen LogP contribution is 2.17. The molecule has 1 saturated heterocycles. The van der Waals surface area contributed by atoms with Gasteiger partial charge >= 0.3 is 5.97 Å². The molecule has 0 spiro atoms. The van der Waals surface area contributed by atoms with Gasteiger partial charge in [0, 0.05) is 6.61 Å². The molecule has 2 atom stereocenters. The summed E-state index contributed by atoms with van der Waals surface area (Å²) >= 11 is 0. The van der Waals surface area contributed by atoms with E-state index in [4.69, 9.17) is 14.6 Å². The molecule has 0 aliphatic carbocycles. The molecule has 1 aliphatic rings. The van der Waals surface area contributed by atoms with Gasteiger partial charge in [0.25, 0.3) is 5.91 Å². The van der Waals surface area contributed by atoms with E-state index < -0.39 is 23.8 Å². The first kappa shape index (κ1) is 16.4. The van der Waals surface area contributed by atoms with Crippen molar-refractivity contribution in [2.75, 3.05) is 18.5 Å². The van der Waals surface area contributed by atoms with Gasteiger partial charge in [-0.15, -0.1) is 0 Å². The van der Waals surface area contributed by atoms with E-state index in [-0.39, 0.29) is 17.4 Å². The zero-order chi connectivity index (χ0) is 16.1. The maximum atomic E-state index is 13.7. The minimum absolute atomic E-state index is 0.00170. The summed E-state index contributed by atoms with van der Waals surface area (Å²) in [5, 5.41) is 11.1. The van der Waals surface area contributed by atoms with Gasteiger partial charge in [-0.3, -0.25) is 4.79 Å². The smallest absolute Gasteiger partial charge is 0.335 e. The first-order valence-corrected chi connectivity index (χ1v) is 7.04. The van der Waals surface area contributed by atoms with E-state index in [1.54, 1.807) is 6.92 Å². The van der Waals surface area contributed by atoms with Crippen molar-refractivity contribution in [3.8, 4) is 0 Å². The lowest BCUT2D eigenvalue weighted by Gasteiger charge is -2.16. The molecule has 0 aromatic heterocycles. The normalized spacial score (nSPS) is 18.9. The molecule has 22 heavy (non-hydrogen) atoms. The number of carbonyl (C=O) groups excluding carboxylic acids is 1. The molecule has 2 N–H and O–H groups in total. The Labute approximate surface area is 127 Å². The number of nitrogens with one attached hydrogen (secondary N) is 1. The number of ether oxygens (including phenoxy) is 2. The van der Waals surface area contributed by atoms with Crippen molar-refractivity contribution < 1.29 is 28.6 Å². The third kappa shape index (κ3) is 4.25.